The summed E-state index contributed by atoms with van der Waals surface area (Å²) in [4.78, 5) is 23.0. The average Bonchev–Trinajstić information content (AvgIpc) is 2.43. The number of alkyl halides is 3. The molecule has 1 aromatic rings. The van der Waals surface area contributed by atoms with Crippen LogP contribution in [0.3, 0.4) is 0 Å². The van der Waals surface area contributed by atoms with E-state index in [2.05, 4.69) is 0 Å². The molecule has 1 aliphatic rings. The van der Waals surface area contributed by atoms with Crippen molar-refractivity contribution >= 4 is 17.6 Å². The Balaban J connectivity index is 2.46. The number of fused-ring (bicyclic) bond motifs is 1. The summed E-state index contributed by atoms with van der Waals surface area (Å²) in [5, 5.41) is 8.92. The van der Waals surface area contributed by atoms with Gasteiger partial charge < -0.3 is 14.7 Å². The predicted octanol–water partition coefficient (Wildman–Crippen LogP) is 1.85. The molecule has 1 amide bonds. The SMILES string of the molecule is COC1Cc2cc(C(=O)O)ccc2N(C(=O)C(F)(F)F)C1. The first-order chi connectivity index (χ1) is 9.74. The first kappa shape index (κ1) is 15.3. The summed E-state index contributed by atoms with van der Waals surface area (Å²) in [6, 6.07) is 3.65. The van der Waals surface area contributed by atoms with Gasteiger partial charge in [-0.25, -0.2) is 4.79 Å². The van der Waals surface area contributed by atoms with E-state index >= 15 is 0 Å². The second kappa shape index (κ2) is 5.36. The van der Waals surface area contributed by atoms with E-state index in [4.69, 9.17) is 9.84 Å². The van der Waals surface area contributed by atoms with Gasteiger partial charge in [0.2, 0.25) is 0 Å². The van der Waals surface area contributed by atoms with E-state index in [9.17, 15) is 22.8 Å². The van der Waals surface area contributed by atoms with Crippen LogP contribution in [0, 0.1) is 0 Å². The summed E-state index contributed by atoms with van der Waals surface area (Å²) in [5.41, 5.74) is 0.353. The Morgan fingerprint density at radius 1 is 1.38 bits per heavy atom. The highest BCUT2D eigenvalue weighted by atomic mass is 19.4. The minimum absolute atomic E-state index is 0.0510. The van der Waals surface area contributed by atoms with E-state index in [1.54, 1.807) is 0 Å². The number of methoxy groups -OCH3 is 1. The number of carboxylic acid groups (broad SMARTS) is 1. The van der Waals surface area contributed by atoms with Gasteiger partial charge in [0.1, 0.15) is 0 Å². The van der Waals surface area contributed by atoms with Crippen LogP contribution in [-0.2, 0) is 16.0 Å². The third-order valence-electron chi connectivity index (χ3n) is 3.27. The van der Waals surface area contributed by atoms with Crippen molar-refractivity contribution in [3.63, 3.8) is 0 Å². The molecule has 1 atom stereocenters. The van der Waals surface area contributed by atoms with Crippen molar-refractivity contribution in [3.05, 3.63) is 29.3 Å². The van der Waals surface area contributed by atoms with Gasteiger partial charge in [-0.15, -0.1) is 0 Å². The summed E-state index contributed by atoms with van der Waals surface area (Å²) in [6.07, 6.45) is -5.37. The molecule has 0 aromatic heterocycles. The molecule has 0 aliphatic carbocycles. The molecular formula is C13H12F3NO4. The lowest BCUT2D eigenvalue weighted by Gasteiger charge is -2.34. The van der Waals surface area contributed by atoms with Crippen molar-refractivity contribution in [1.82, 2.24) is 0 Å². The minimum atomic E-state index is -5.00. The molecule has 1 aliphatic heterocycles. The van der Waals surface area contributed by atoms with E-state index in [1.807, 2.05) is 0 Å². The molecule has 1 aromatic carbocycles. The van der Waals surface area contributed by atoms with Crippen molar-refractivity contribution in [1.29, 1.82) is 0 Å². The highest BCUT2D eigenvalue weighted by Gasteiger charge is 2.45. The maximum absolute atomic E-state index is 12.6. The lowest BCUT2D eigenvalue weighted by Crippen LogP contribution is -2.48. The summed E-state index contributed by atoms with van der Waals surface area (Å²) in [7, 11) is 1.33. The number of hydrogen-bond donors (Lipinski definition) is 1. The smallest absolute Gasteiger partial charge is 0.471 e. The van der Waals surface area contributed by atoms with E-state index in [0.717, 1.165) is 0 Å². The molecule has 1 unspecified atom stereocenters. The van der Waals surface area contributed by atoms with Crippen molar-refractivity contribution in [3.8, 4) is 0 Å². The summed E-state index contributed by atoms with van der Waals surface area (Å²) in [6.45, 7) is -0.228. The Labute approximate surface area is 117 Å². The van der Waals surface area contributed by atoms with Gasteiger partial charge in [0.25, 0.3) is 0 Å². The zero-order chi connectivity index (χ0) is 15.8. The number of halogens is 3. The fourth-order valence-electron chi connectivity index (χ4n) is 2.26. The van der Waals surface area contributed by atoms with Crippen LogP contribution >= 0.6 is 0 Å². The van der Waals surface area contributed by atoms with Crippen molar-refractivity contribution in [2.24, 2.45) is 0 Å². The molecular weight excluding hydrogens is 291 g/mol. The first-order valence-corrected chi connectivity index (χ1v) is 6.01. The third-order valence-corrected chi connectivity index (χ3v) is 3.27. The van der Waals surface area contributed by atoms with Gasteiger partial charge in [0.15, 0.2) is 0 Å². The van der Waals surface area contributed by atoms with Gasteiger partial charge in [0.05, 0.1) is 18.2 Å². The monoisotopic (exact) mass is 303 g/mol. The van der Waals surface area contributed by atoms with E-state index in [-0.39, 0.29) is 24.2 Å². The van der Waals surface area contributed by atoms with Crippen LogP contribution in [0.1, 0.15) is 15.9 Å². The molecule has 0 radical (unpaired) electrons. The molecule has 0 saturated carbocycles. The maximum Gasteiger partial charge on any atom is 0.471 e. The summed E-state index contributed by atoms with van der Waals surface area (Å²) in [5.74, 6) is -3.18. The average molecular weight is 303 g/mol. The van der Waals surface area contributed by atoms with E-state index in [0.29, 0.717) is 10.5 Å². The molecule has 114 valence electrons. The van der Waals surface area contributed by atoms with Crippen molar-refractivity contribution < 1.29 is 32.6 Å². The first-order valence-electron chi connectivity index (χ1n) is 6.01. The van der Waals surface area contributed by atoms with Crippen LogP contribution in [-0.4, -0.2) is 42.9 Å². The zero-order valence-electron chi connectivity index (χ0n) is 11.0. The van der Waals surface area contributed by atoms with Crippen LogP contribution in [0.2, 0.25) is 0 Å². The van der Waals surface area contributed by atoms with Gasteiger partial charge in [0, 0.05) is 19.2 Å². The number of anilines is 1. The maximum atomic E-state index is 12.6. The fourth-order valence-corrected chi connectivity index (χ4v) is 2.26. The standard InChI is InChI=1S/C13H12F3NO4/c1-21-9-5-8-4-7(11(18)19)2-3-10(8)17(6-9)12(20)13(14,15)16/h2-4,9H,5-6H2,1H3,(H,18,19). The summed E-state index contributed by atoms with van der Waals surface area (Å²) < 4.78 is 43.0. The Bertz CT molecular complexity index is 585. The Morgan fingerprint density at radius 3 is 2.57 bits per heavy atom. The number of carboxylic acids is 1. The molecule has 0 spiro atoms. The van der Waals surface area contributed by atoms with E-state index in [1.165, 1.54) is 25.3 Å². The molecule has 0 saturated heterocycles. The van der Waals surface area contributed by atoms with Gasteiger partial charge in [-0.05, 0) is 23.8 Å². The number of ether oxygens (including phenoxy) is 1. The van der Waals surface area contributed by atoms with Gasteiger partial charge in [-0.1, -0.05) is 0 Å². The highest BCUT2D eigenvalue weighted by Crippen LogP contribution is 2.32. The lowest BCUT2D eigenvalue weighted by molar-refractivity contribution is -0.170. The molecule has 1 N–H and O–H groups in total. The highest BCUT2D eigenvalue weighted by molar-refractivity contribution is 5.99. The molecule has 1 heterocycles. The van der Waals surface area contributed by atoms with E-state index < -0.39 is 24.2 Å². The number of benzene rings is 1. The van der Waals surface area contributed by atoms with Crippen LogP contribution in [0.5, 0.6) is 0 Å². The number of rotatable bonds is 2. The van der Waals surface area contributed by atoms with Gasteiger partial charge in [-0.2, -0.15) is 13.2 Å². The normalized spacial score (nSPS) is 18.3. The fraction of sp³-hybridized carbons (Fsp3) is 0.385. The van der Waals surface area contributed by atoms with Crippen LogP contribution in [0.15, 0.2) is 18.2 Å². The topological polar surface area (TPSA) is 66.8 Å². The molecule has 5 nitrogen and oxygen atoms in total. The number of hydrogen-bond acceptors (Lipinski definition) is 3. The van der Waals surface area contributed by atoms with Gasteiger partial charge in [-0.3, -0.25) is 4.79 Å². The lowest BCUT2D eigenvalue weighted by atomic mass is 9.97. The van der Waals surface area contributed by atoms with Crippen LogP contribution in [0.25, 0.3) is 0 Å². The van der Waals surface area contributed by atoms with Crippen molar-refractivity contribution in [2.45, 2.75) is 18.7 Å². The largest absolute Gasteiger partial charge is 0.478 e. The number of carbonyl (C=O) groups is 2. The predicted molar refractivity (Wildman–Crippen MR) is 66.3 cm³/mol. The summed E-state index contributed by atoms with van der Waals surface area (Å²) >= 11 is 0. The molecule has 21 heavy (non-hydrogen) atoms. The second-order valence-electron chi connectivity index (χ2n) is 4.62. The second-order valence-corrected chi connectivity index (χ2v) is 4.62. The number of amides is 1. The number of nitrogens with zero attached hydrogens (tertiary/aromatic N) is 1. The number of carbonyl (C=O) groups excluding carboxylic acids is 1. The molecule has 0 bridgehead atoms. The van der Waals surface area contributed by atoms with Gasteiger partial charge >= 0.3 is 18.1 Å². The molecule has 2 rings (SSSR count). The van der Waals surface area contributed by atoms with Crippen molar-refractivity contribution in [2.75, 3.05) is 18.6 Å². The minimum Gasteiger partial charge on any atom is -0.478 e. The number of aromatic carboxylic acids is 1. The van der Waals surface area contributed by atoms with Crippen LogP contribution < -0.4 is 4.90 Å². The quantitative estimate of drug-likeness (QED) is 0.905. The molecule has 8 heteroatoms. The zero-order valence-corrected chi connectivity index (χ0v) is 11.0. The third kappa shape index (κ3) is 2.99. The Hall–Kier alpha value is -2.09. The molecule has 0 fully saturated rings. The Kier molecular flexibility index (Phi) is 3.91. The Morgan fingerprint density at radius 2 is 2.05 bits per heavy atom. The van der Waals surface area contributed by atoms with Crippen LogP contribution in [0.4, 0.5) is 18.9 Å².